The van der Waals surface area contributed by atoms with Crippen LogP contribution in [0.2, 0.25) is 0 Å². The van der Waals surface area contributed by atoms with Crippen LogP contribution in [-0.4, -0.2) is 59.4 Å². The van der Waals surface area contributed by atoms with Crippen molar-refractivity contribution < 1.29 is 15.2 Å². The maximum absolute atomic E-state index is 12.6. The number of aromatic nitrogens is 3. The van der Waals surface area contributed by atoms with Crippen LogP contribution in [-0.2, 0) is 10.4 Å². The van der Waals surface area contributed by atoms with Gasteiger partial charge in [0.15, 0.2) is 0 Å². The van der Waals surface area contributed by atoms with E-state index >= 15 is 0 Å². The predicted octanol–water partition coefficient (Wildman–Crippen LogP) is 2.69. The van der Waals surface area contributed by atoms with Crippen LogP contribution in [0.5, 0.6) is 6.01 Å². The number of ether oxygens (including phenoxy) is 1. The number of H-pyrrole nitrogens is 1. The zero-order valence-corrected chi connectivity index (χ0v) is 19.9. The molecular formula is C21H36N6O4. The van der Waals surface area contributed by atoms with Gasteiger partial charge in [0.25, 0.3) is 0 Å². The molecule has 2 aliphatic heterocycles. The lowest BCUT2D eigenvalue weighted by molar-refractivity contribution is -0.297. The van der Waals surface area contributed by atoms with E-state index in [1.165, 1.54) is 0 Å². The number of piperidine rings is 2. The number of aromatic amines is 1. The smallest absolute Gasteiger partial charge is 0.352 e. The highest BCUT2D eigenvalue weighted by Crippen LogP contribution is 2.39. The van der Waals surface area contributed by atoms with Crippen LogP contribution in [0.25, 0.3) is 0 Å². The third-order valence-electron chi connectivity index (χ3n) is 6.39. The lowest BCUT2D eigenvalue weighted by atomic mass is 9.79. The molecule has 1 aromatic rings. The average molecular weight is 437 g/mol. The summed E-state index contributed by atoms with van der Waals surface area (Å²) in [5, 5.41) is 30.7. The van der Waals surface area contributed by atoms with E-state index < -0.39 is 27.8 Å². The minimum Gasteiger partial charge on any atom is -0.460 e. The van der Waals surface area contributed by atoms with Gasteiger partial charge in [-0.05, 0) is 68.2 Å². The van der Waals surface area contributed by atoms with Crippen molar-refractivity contribution in [2.75, 3.05) is 5.32 Å². The summed E-state index contributed by atoms with van der Waals surface area (Å²) in [5.41, 5.74) is -2.85. The fourth-order valence-electron chi connectivity index (χ4n) is 5.45. The van der Waals surface area contributed by atoms with Gasteiger partial charge in [0.05, 0.1) is 0 Å². The molecule has 2 saturated heterocycles. The Kier molecular flexibility index (Phi) is 5.92. The normalized spacial score (nSPS) is 26.5. The summed E-state index contributed by atoms with van der Waals surface area (Å²) < 4.78 is 5.98. The zero-order chi connectivity index (χ0) is 23.4. The summed E-state index contributed by atoms with van der Waals surface area (Å²) in [5.74, 6) is 0.269. The molecule has 10 heteroatoms. The van der Waals surface area contributed by atoms with Gasteiger partial charge in [0.2, 0.25) is 5.95 Å². The summed E-state index contributed by atoms with van der Waals surface area (Å²) in [6, 6.07) is -0.0582. The standard InChI is InChI=1S/C21H36N6O4/c1-18(2)9-13(10-19(3,4)26(18)29)22-15-23-16(28)25-17(24-15)31-14-11-20(5,6)27(30)21(7,8)12-14/h13-14H,9-12H2,1-8H3,(H2,22,23,24,25,28). The molecule has 10 nitrogen and oxygen atoms in total. The van der Waals surface area contributed by atoms with Crippen molar-refractivity contribution in [3.8, 4) is 6.01 Å². The highest BCUT2D eigenvalue weighted by Gasteiger charge is 2.48. The van der Waals surface area contributed by atoms with E-state index in [0.717, 1.165) is 10.1 Å². The van der Waals surface area contributed by atoms with Gasteiger partial charge in [-0.25, -0.2) is 4.79 Å². The van der Waals surface area contributed by atoms with Crippen LogP contribution < -0.4 is 15.7 Å². The Hall–Kier alpha value is -1.75. The van der Waals surface area contributed by atoms with Gasteiger partial charge in [-0.1, -0.05) is 0 Å². The maximum atomic E-state index is 12.6. The SMILES string of the molecule is CC1(C)CC(Nc2nc(OC3CC(C)(C)N([O])C(C)(C)C3)nc(=O)[nH]2)CC(C)(C)N1[O]. The largest absolute Gasteiger partial charge is 0.460 e. The highest BCUT2D eigenvalue weighted by molar-refractivity contribution is 5.27. The first-order chi connectivity index (χ1) is 14.0. The van der Waals surface area contributed by atoms with E-state index in [1.807, 2.05) is 55.4 Å². The number of anilines is 1. The number of hydroxylamine groups is 4. The molecule has 0 spiro atoms. The van der Waals surface area contributed by atoms with Crippen LogP contribution in [0.4, 0.5) is 5.95 Å². The Morgan fingerprint density at radius 1 is 0.839 bits per heavy atom. The summed E-state index contributed by atoms with van der Waals surface area (Å²) in [4.78, 5) is 23.0. The molecule has 2 aliphatic rings. The quantitative estimate of drug-likeness (QED) is 0.743. The van der Waals surface area contributed by atoms with E-state index in [9.17, 15) is 15.2 Å². The molecule has 3 rings (SSSR count). The molecule has 0 amide bonds. The summed E-state index contributed by atoms with van der Waals surface area (Å²) in [6.07, 6.45) is 1.93. The Bertz CT molecular complexity index is 764. The van der Waals surface area contributed by atoms with Gasteiger partial charge in [-0.15, -0.1) is 25.5 Å². The van der Waals surface area contributed by atoms with Crippen molar-refractivity contribution in [2.24, 2.45) is 0 Å². The minimum absolute atomic E-state index is 0.0121. The van der Waals surface area contributed by atoms with E-state index in [-0.39, 0.29) is 24.1 Å². The first-order valence-electron chi connectivity index (χ1n) is 10.9. The first-order valence-corrected chi connectivity index (χ1v) is 10.9. The van der Waals surface area contributed by atoms with Crippen LogP contribution in [0.3, 0.4) is 0 Å². The number of nitrogens with one attached hydrogen (secondary N) is 2. The lowest BCUT2D eigenvalue weighted by Crippen LogP contribution is -2.60. The number of nitrogens with zero attached hydrogens (tertiary/aromatic N) is 4. The van der Waals surface area contributed by atoms with Gasteiger partial charge < -0.3 is 10.1 Å². The van der Waals surface area contributed by atoms with Gasteiger partial charge in [-0.2, -0.15) is 4.98 Å². The Morgan fingerprint density at radius 3 is 1.77 bits per heavy atom. The van der Waals surface area contributed by atoms with E-state index in [0.29, 0.717) is 25.7 Å². The Morgan fingerprint density at radius 2 is 1.29 bits per heavy atom. The maximum Gasteiger partial charge on any atom is 0.352 e. The highest BCUT2D eigenvalue weighted by atomic mass is 16.5. The molecule has 0 saturated carbocycles. The predicted molar refractivity (Wildman–Crippen MR) is 114 cm³/mol. The molecule has 1 aromatic heterocycles. The molecule has 0 aromatic carbocycles. The number of rotatable bonds is 4. The summed E-state index contributed by atoms with van der Waals surface area (Å²) in [6.45, 7) is 15.2. The summed E-state index contributed by atoms with van der Waals surface area (Å²) in [7, 11) is 0. The molecule has 0 aliphatic carbocycles. The topological polar surface area (TPSA) is 126 Å². The molecule has 0 unspecified atom stereocenters. The number of hydrogen-bond donors (Lipinski definition) is 2. The molecule has 174 valence electrons. The van der Waals surface area contributed by atoms with Crippen molar-refractivity contribution in [1.29, 1.82) is 0 Å². The monoisotopic (exact) mass is 436 g/mol. The van der Waals surface area contributed by atoms with Crippen molar-refractivity contribution in [3.63, 3.8) is 0 Å². The number of hydrogen-bond acceptors (Lipinski definition) is 7. The third kappa shape index (κ3) is 5.02. The first kappa shape index (κ1) is 23.9. The molecule has 31 heavy (non-hydrogen) atoms. The lowest BCUT2D eigenvalue weighted by Gasteiger charge is -2.50. The molecule has 3 heterocycles. The van der Waals surface area contributed by atoms with E-state index in [2.05, 4.69) is 20.3 Å². The second-order valence-corrected chi connectivity index (χ2v) is 11.5. The van der Waals surface area contributed by atoms with E-state index in [1.54, 1.807) is 0 Å². The third-order valence-corrected chi connectivity index (χ3v) is 6.39. The molecular weight excluding hydrogens is 400 g/mol. The zero-order valence-electron chi connectivity index (χ0n) is 19.9. The van der Waals surface area contributed by atoms with Gasteiger partial charge in [0, 0.05) is 41.0 Å². The summed E-state index contributed by atoms with van der Waals surface area (Å²) >= 11 is 0. The Balaban J connectivity index is 1.76. The van der Waals surface area contributed by atoms with Crippen LogP contribution in [0.1, 0.15) is 81.1 Å². The van der Waals surface area contributed by atoms with Gasteiger partial charge >= 0.3 is 11.7 Å². The molecule has 0 atom stereocenters. The van der Waals surface area contributed by atoms with Crippen LogP contribution >= 0.6 is 0 Å². The fourth-order valence-corrected chi connectivity index (χ4v) is 5.45. The van der Waals surface area contributed by atoms with Gasteiger partial charge in [-0.3, -0.25) is 4.98 Å². The van der Waals surface area contributed by atoms with Crippen LogP contribution in [0.15, 0.2) is 4.79 Å². The van der Waals surface area contributed by atoms with Crippen molar-refractivity contribution in [3.05, 3.63) is 10.5 Å². The molecule has 0 bridgehead atoms. The van der Waals surface area contributed by atoms with Crippen molar-refractivity contribution in [1.82, 2.24) is 25.1 Å². The molecule has 2 N–H and O–H groups in total. The second-order valence-electron chi connectivity index (χ2n) is 11.5. The van der Waals surface area contributed by atoms with E-state index in [4.69, 9.17) is 4.74 Å². The molecule has 2 fully saturated rings. The Labute approximate surface area is 183 Å². The fraction of sp³-hybridized carbons (Fsp3) is 0.857. The second kappa shape index (κ2) is 7.68. The average Bonchev–Trinajstić information content (AvgIpc) is 2.56. The minimum atomic E-state index is -0.599. The molecule has 2 radical (unpaired) electrons. The van der Waals surface area contributed by atoms with Crippen molar-refractivity contribution >= 4 is 5.95 Å². The van der Waals surface area contributed by atoms with Crippen LogP contribution in [0, 0.1) is 0 Å². The van der Waals surface area contributed by atoms with Gasteiger partial charge in [0.1, 0.15) is 6.10 Å². The van der Waals surface area contributed by atoms with Crippen molar-refractivity contribution in [2.45, 2.75) is 115 Å².